The van der Waals surface area contributed by atoms with E-state index < -0.39 is 0 Å². The molecule has 276 valence electrons. The van der Waals surface area contributed by atoms with Gasteiger partial charge in [-0.05, 0) is 105 Å². The summed E-state index contributed by atoms with van der Waals surface area (Å²) in [4.78, 5) is 2.41. The second kappa shape index (κ2) is 13.4. The van der Waals surface area contributed by atoms with E-state index in [4.69, 9.17) is 4.42 Å². The molecule has 0 amide bonds. The largest absolute Gasteiger partial charge is 0.456 e. The number of hydrogen-bond acceptors (Lipinski definition) is 2. The summed E-state index contributed by atoms with van der Waals surface area (Å²) in [7, 11) is 0. The van der Waals surface area contributed by atoms with Crippen LogP contribution in [0.3, 0.4) is 0 Å². The van der Waals surface area contributed by atoms with Gasteiger partial charge in [-0.2, -0.15) is 0 Å². The van der Waals surface area contributed by atoms with Gasteiger partial charge in [0.05, 0.1) is 16.7 Å². The Morgan fingerprint density at radius 1 is 0.356 bits per heavy atom. The third-order valence-corrected chi connectivity index (χ3v) is 12.0. The van der Waals surface area contributed by atoms with E-state index in [1.165, 1.54) is 48.9 Å². The maximum absolute atomic E-state index is 6.26. The van der Waals surface area contributed by atoms with Crippen LogP contribution in [0.15, 0.2) is 223 Å². The van der Waals surface area contributed by atoms with Crippen LogP contribution < -0.4 is 4.90 Å². The predicted octanol–water partition coefficient (Wildman–Crippen LogP) is 15.8. The van der Waals surface area contributed by atoms with Crippen molar-refractivity contribution in [2.24, 2.45) is 0 Å². The number of nitrogens with zero attached hydrogens (tertiary/aromatic N) is 2. The second-order valence-corrected chi connectivity index (χ2v) is 15.3. The van der Waals surface area contributed by atoms with Gasteiger partial charge in [-0.3, -0.25) is 0 Å². The van der Waals surface area contributed by atoms with E-state index in [1.54, 1.807) is 0 Å². The SMILES string of the molecule is c1cc(-c2ccc(N(c3ccc(-c4cccc5oc6ccccc6c45)cc3)c3cccc4ccc5ccccc5c34)cc2)cc(-n2c3ccccc3c3ccccc32)c1. The molecule has 0 aliphatic carbocycles. The number of furan rings is 1. The lowest BCUT2D eigenvalue weighted by molar-refractivity contribution is 0.669. The monoisotopic (exact) mass is 752 g/mol. The van der Waals surface area contributed by atoms with E-state index in [1.807, 2.05) is 12.1 Å². The lowest BCUT2D eigenvalue weighted by Crippen LogP contribution is -2.10. The van der Waals surface area contributed by atoms with E-state index in [-0.39, 0.29) is 0 Å². The van der Waals surface area contributed by atoms with Crippen molar-refractivity contribution in [3.8, 4) is 27.9 Å². The maximum atomic E-state index is 6.26. The molecule has 0 atom stereocenters. The van der Waals surface area contributed by atoms with Crippen LogP contribution in [0, 0.1) is 0 Å². The highest BCUT2D eigenvalue weighted by molar-refractivity contribution is 6.16. The molecule has 59 heavy (non-hydrogen) atoms. The number of aromatic nitrogens is 1. The third-order valence-electron chi connectivity index (χ3n) is 12.0. The van der Waals surface area contributed by atoms with Crippen molar-refractivity contribution in [2.45, 2.75) is 0 Å². The zero-order valence-corrected chi connectivity index (χ0v) is 32.1. The molecule has 2 heterocycles. The fraction of sp³-hybridized carbons (Fsp3) is 0. The molecule has 12 aromatic rings. The van der Waals surface area contributed by atoms with E-state index in [0.717, 1.165) is 61.4 Å². The van der Waals surface area contributed by atoms with Crippen molar-refractivity contribution in [1.82, 2.24) is 4.57 Å². The fourth-order valence-electron chi connectivity index (χ4n) is 9.29. The Balaban J connectivity index is 0.990. The average molecular weight is 753 g/mol. The first-order valence-corrected chi connectivity index (χ1v) is 20.2. The van der Waals surface area contributed by atoms with Gasteiger partial charge in [0, 0.05) is 44.0 Å². The van der Waals surface area contributed by atoms with Gasteiger partial charge in [0.25, 0.3) is 0 Å². The fourth-order valence-corrected chi connectivity index (χ4v) is 9.29. The minimum Gasteiger partial charge on any atom is -0.456 e. The van der Waals surface area contributed by atoms with Crippen molar-refractivity contribution in [1.29, 1.82) is 0 Å². The van der Waals surface area contributed by atoms with Crippen LogP contribution in [0.5, 0.6) is 0 Å². The van der Waals surface area contributed by atoms with Crippen LogP contribution in [0.1, 0.15) is 0 Å². The summed E-state index contributed by atoms with van der Waals surface area (Å²) in [5.74, 6) is 0. The molecule has 0 bridgehead atoms. The molecule has 0 radical (unpaired) electrons. The first-order valence-electron chi connectivity index (χ1n) is 20.2. The van der Waals surface area contributed by atoms with Crippen LogP contribution in [-0.2, 0) is 0 Å². The number of para-hydroxylation sites is 3. The second-order valence-electron chi connectivity index (χ2n) is 15.3. The van der Waals surface area contributed by atoms with Crippen molar-refractivity contribution >= 4 is 82.4 Å². The highest BCUT2D eigenvalue weighted by Crippen LogP contribution is 2.44. The number of rotatable bonds is 6. The number of hydrogen-bond donors (Lipinski definition) is 0. The molecule has 0 saturated heterocycles. The number of anilines is 3. The molecule has 0 fully saturated rings. The zero-order valence-electron chi connectivity index (χ0n) is 32.1. The Morgan fingerprint density at radius 2 is 0.932 bits per heavy atom. The summed E-state index contributed by atoms with van der Waals surface area (Å²) < 4.78 is 8.64. The van der Waals surface area contributed by atoms with Gasteiger partial charge in [0.15, 0.2) is 0 Å². The molecule has 10 aromatic carbocycles. The maximum Gasteiger partial charge on any atom is 0.136 e. The van der Waals surface area contributed by atoms with Crippen LogP contribution in [0.4, 0.5) is 17.1 Å². The molecule has 0 N–H and O–H groups in total. The Morgan fingerprint density at radius 3 is 1.69 bits per heavy atom. The van der Waals surface area contributed by atoms with Gasteiger partial charge >= 0.3 is 0 Å². The van der Waals surface area contributed by atoms with Crippen LogP contribution in [-0.4, -0.2) is 4.57 Å². The van der Waals surface area contributed by atoms with Gasteiger partial charge in [-0.15, -0.1) is 0 Å². The summed E-state index contributed by atoms with van der Waals surface area (Å²) >= 11 is 0. The first-order chi connectivity index (χ1) is 29.3. The third kappa shape index (κ3) is 5.36. The number of benzene rings is 10. The van der Waals surface area contributed by atoms with Gasteiger partial charge in [0.2, 0.25) is 0 Å². The molecule has 0 spiro atoms. The Labute approximate surface area is 341 Å². The standard InChI is InChI=1S/C56H36N2O/c1-2-16-45-38(12-1)26-27-40-13-10-23-52(55(40)45)57(43-34-30-39(31-35-43)46-20-11-25-54-56(46)49-19-5-8-24-53(49)59-54)42-32-28-37(29-33-42)41-14-9-15-44(36-41)58-50-21-6-3-17-47(50)48-18-4-7-22-51(48)58/h1-36H. The van der Waals surface area contributed by atoms with Crippen molar-refractivity contribution in [2.75, 3.05) is 4.90 Å². The quantitative estimate of drug-likeness (QED) is 0.158. The molecular formula is C56H36N2O. The van der Waals surface area contributed by atoms with Crippen molar-refractivity contribution in [3.05, 3.63) is 218 Å². The predicted molar refractivity (Wildman–Crippen MR) is 249 cm³/mol. The van der Waals surface area contributed by atoms with Gasteiger partial charge in [-0.1, -0.05) is 152 Å². The highest BCUT2D eigenvalue weighted by Gasteiger charge is 2.19. The lowest BCUT2D eigenvalue weighted by atomic mass is 9.97. The Kier molecular flexibility index (Phi) is 7.54. The van der Waals surface area contributed by atoms with E-state index in [2.05, 4.69) is 216 Å². The van der Waals surface area contributed by atoms with Crippen LogP contribution in [0.25, 0.3) is 93.2 Å². The zero-order chi connectivity index (χ0) is 38.9. The summed E-state index contributed by atoms with van der Waals surface area (Å²) in [6.45, 7) is 0. The molecule has 0 unspecified atom stereocenters. The molecular weight excluding hydrogens is 717 g/mol. The smallest absolute Gasteiger partial charge is 0.136 e. The highest BCUT2D eigenvalue weighted by atomic mass is 16.3. The topological polar surface area (TPSA) is 21.3 Å². The van der Waals surface area contributed by atoms with Crippen molar-refractivity contribution < 1.29 is 4.42 Å². The molecule has 0 saturated carbocycles. The van der Waals surface area contributed by atoms with Gasteiger partial charge < -0.3 is 13.9 Å². The van der Waals surface area contributed by atoms with E-state index >= 15 is 0 Å². The first kappa shape index (κ1) is 33.3. The Bertz CT molecular complexity index is 3500. The number of fused-ring (bicyclic) bond motifs is 9. The molecule has 2 aromatic heterocycles. The van der Waals surface area contributed by atoms with Crippen molar-refractivity contribution in [3.63, 3.8) is 0 Å². The van der Waals surface area contributed by atoms with Gasteiger partial charge in [0.1, 0.15) is 11.2 Å². The van der Waals surface area contributed by atoms with Crippen LogP contribution in [0.2, 0.25) is 0 Å². The minimum absolute atomic E-state index is 0.901. The summed E-state index contributed by atoms with van der Waals surface area (Å²) in [6.07, 6.45) is 0. The summed E-state index contributed by atoms with van der Waals surface area (Å²) in [5.41, 5.74) is 13.3. The van der Waals surface area contributed by atoms with E-state index in [0.29, 0.717) is 0 Å². The van der Waals surface area contributed by atoms with Gasteiger partial charge in [-0.25, -0.2) is 0 Å². The average Bonchev–Trinajstić information content (AvgIpc) is 3.86. The molecule has 12 rings (SSSR count). The van der Waals surface area contributed by atoms with Crippen LogP contribution >= 0.6 is 0 Å². The molecule has 3 nitrogen and oxygen atoms in total. The molecule has 3 heteroatoms. The molecule has 0 aliphatic rings. The minimum atomic E-state index is 0.901. The summed E-state index contributed by atoms with van der Waals surface area (Å²) in [5, 5.41) is 9.70. The molecule has 0 aliphatic heterocycles. The normalized spacial score (nSPS) is 11.7. The summed E-state index contributed by atoms with van der Waals surface area (Å²) in [6, 6.07) is 78.8. The lowest BCUT2D eigenvalue weighted by Gasteiger charge is -2.28. The van der Waals surface area contributed by atoms with E-state index in [9.17, 15) is 0 Å². The Hall–Kier alpha value is -7.88.